The Kier molecular flexibility index (Phi) is 8.49. The van der Waals surface area contributed by atoms with Gasteiger partial charge in [-0.3, -0.25) is 0 Å². The van der Waals surface area contributed by atoms with Crippen LogP contribution in [0.2, 0.25) is 11.6 Å². The van der Waals surface area contributed by atoms with Crippen LogP contribution < -0.4 is 0 Å². The molecule has 0 heterocycles. The average molecular weight is 411 g/mol. The maximum Gasteiger partial charge on any atom is 0.194 e. The van der Waals surface area contributed by atoms with E-state index in [1.165, 1.54) is 63.5 Å². The van der Waals surface area contributed by atoms with E-state index in [2.05, 4.69) is 6.92 Å². The number of hydrogen-bond acceptors (Lipinski definition) is 0. The topological polar surface area (TPSA) is 0 Å². The van der Waals surface area contributed by atoms with Gasteiger partial charge in [-0.1, -0.05) is 69.9 Å². The fourth-order valence-electron chi connectivity index (χ4n) is 5.56. The molecule has 0 atom stereocenters. The Balaban J connectivity index is 1.35. The Morgan fingerprint density at radius 1 is 0.821 bits per heavy atom. The van der Waals surface area contributed by atoms with Crippen molar-refractivity contribution in [1.29, 1.82) is 0 Å². The highest BCUT2D eigenvalue weighted by Crippen LogP contribution is 2.41. The molecule has 158 valence electrons. The van der Waals surface area contributed by atoms with Crippen molar-refractivity contribution in [3.05, 3.63) is 35.1 Å². The quantitative estimate of drug-likeness (QED) is 0.236. The summed E-state index contributed by atoms with van der Waals surface area (Å²) in [6.07, 6.45) is 15.6. The molecular formula is C24H37F3Si. The van der Waals surface area contributed by atoms with Crippen molar-refractivity contribution in [2.45, 2.75) is 101 Å². The Bertz CT molecular complexity index is 579. The summed E-state index contributed by atoms with van der Waals surface area (Å²) in [5, 5.41) is 0. The molecule has 28 heavy (non-hydrogen) atoms. The van der Waals surface area contributed by atoms with Gasteiger partial charge in [0.25, 0.3) is 0 Å². The Hall–Kier alpha value is -0.773. The molecule has 0 nitrogen and oxygen atoms in total. The van der Waals surface area contributed by atoms with Gasteiger partial charge in [0.15, 0.2) is 17.5 Å². The third-order valence-corrected chi connectivity index (χ3v) is 10.0. The molecule has 2 fully saturated rings. The molecule has 2 aliphatic carbocycles. The van der Waals surface area contributed by atoms with Crippen LogP contribution in [0.5, 0.6) is 0 Å². The van der Waals surface area contributed by atoms with E-state index >= 15 is 0 Å². The second-order valence-electron chi connectivity index (χ2n) is 9.48. The number of benzene rings is 1. The zero-order valence-corrected chi connectivity index (χ0v) is 18.9. The summed E-state index contributed by atoms with van der Waals surface area (Å²) in [4.78, 5) is 0. The third kappa shape index (κ3) is 6.11. The highest BCUT2D eigenvalue weighted by Gasteiger charge is 2.26. The van der Waals surface area contributed by atoms with Crippen LogP contribution in [0.1, 0.15) is 95.5 Å². The van der Waals surface area contributed by atoms with Crippen LogP contribution in [0.25, 0.3) is 0 Å². The minimum atomic E-state index is -1.35. The number of halogens is 3. The van der Waals surface area contributed by atoms with E-state index in [1.807, 2.05) is 0 Å². The lowest BCUT2D eigenvalue weighted by Gasteiger charge is -2.32. The monoisotopic (exact) mass is 410 g/mol. The SMILES string of the molecule is CCCC[SiH2][C@H]1CC[C@H](CC[C@H]2CC[C@H](c3cc(F)c(F)c(F)c3)CC2)CC1. The van der Waals surface area contributed by atoms with Gasteiger partial charge in [0.1, 0.15) is 0 Å². The minimum absolute atomic E-state index is 0.182. The van der Waals surface area contributed by atoms with E-state index in [1.54, 1.807) is 6.04 Å². The van der Waals surface area contributed by atoms with Gasteiger partial charge in [0.05, 0.1) is 0 Å². The second-order valence-corrected chi connectivity index (χ2v) is 11.9. The first kappa shape index (κ1) is 21.9. The maximum absolute atomic E-state index is 13.5. The van der Waals surface area contributed by atoms with Crippen molar-refractivity contribution in [3.8, 4) is 0 Å². The minimum Gasteiger partial charge on any atom is -0.204 e. The Morgan fingerprint density at radius 3 is 1.89 bits per heavy atom. The lowest BCUT2D eigenvalue weighted by atomic mass is 9.75. The van der Waals surface area contributed by atoms with Gasteiger partial charge in [-0.25, -0.2) is 13.2 Å². The molecule has 0 N–H and O–H groups in total. The fourth-order valence-corrected chi connectivity index (χ4v) is 7.97. The molecule has 2 saturated carbocycles. The summed E-state index contributed by atoms with van der Waals surface area (Å²) in [5.41, 5.74) is 1.76. The lowest BCUT2D eigenvalue weighted by Crippen LogP contribution is -2.18. The van der Waals surface area contributed by atoms with E-state index in [4.69, 9.17) is 0 Å². The van der Waals surface area contributed by atoms with E-state index in [0.717, 1.165) is 43.1 Å². The fraction of sp³-hybridized carbons (Fsp3) is 0.750. The smallest absolute Gasteiger partial charge is 0.194 e. The molecule has 4 heteroatoms. The van der Waals surface area contributed by atoms with Crippen molar-refractivity contribution < 1.29 is 13.2 Å². The molecule has 0 radical (unpaired) electrons. The molecular weight excluding hydrogens is 373 g/mol. The van der Waals surface area contributed by atoms with Gasteiger partial charge in [0, 0.05) is 9.52 Å². The molecule has 0 bridgehead atoms. The van der Waals surface area contributed by atoms with Crippen molar-refractivity contribution in [3.63, 3.8) is 0 Å². The summed E-state index contributed by atoms with van der Waals surface area (Å²) in [6, 6.07) is 3.95. The predicted octanol–water partition coefficient (Wildman–Crippen LogP) is 7.52. The van der Waals surface area contributed by atoms with Gasteiger partial charge in [-0.2, -0.15) is 0 Å². The number of hydrogen-bond donors (Lipinski definition) is 0. The molecule has 1 aromatic rings. The highest BCUT2D eigenvalue weighted by atomic mass is 28.2. The summed E-state index contributed by atoms with van der Waals surface area (Å²) < 4.78 is 40.2. The third-order valence-electron chi connectivity index (χ3n) is 7.49. The zero-order valence-electron chi connectivity index (χ0n) is 17.5. The van der Waals surface area contributed by atoms with Crippen LogP contribution in [0, 0.1) is 29.3 Å². The highest BCUT2D eigenvalue weighted by molar-refractivity contribution is 6.37. The van der Waals surface area contributed by atoms with Gasteiger partial charge < -0.3 is 0 Å². The van der Waals surface area contributed by atoms with E-state index in [9.17, 15) is 13.2 Å². The molecule has 0 amide bonds. The molecule has 3 rings (SSSR count). The molecule has 1 aromatic carbocycles. The summed E-state index contributed by atoms with van der Waals surface area (Å²) in [7, 11) is 0.182. The molecule has 0 spiro atoms. The zero-order chi connectivity index (χ0) is 19.9. The van der Waals surface area contributed by atoms with Gasteiger partial charge >= 0.3 is 0 Å². The average Bonchev–Trinajstić information content (AvgIpc) is 2.71. The van der Waals surface area contributed by atoms with Crippen LogP contribution in [-0.4, -0.2) is 9.52 Å². The predicted molar refractivity (Wildman–Crippen MR) is 114 cm³/mol. The van der Waals surface area contributed by atoms with Crippen molar-refractivity contribution in [2.24, 2.45) is 11.8 Å². The Morgan fingerprint density at radius 2 is 1.36 bits per heavy atom. The van der Waals surface area contributed by atoms with Gasteiger partial charge in [-0.05, 0) is 61.1 Å². The van der Waals surface area contributed by atoms with Gasteiger partial charge in [0.2, 0.25) is 0 Å². The van der Waals surface area contributed by atoms with Gasteiger partial charge in [-0.15, -0.1) is 0 Å². The first-order chi connectivity index (χ1) is 13.6. The van der Waals surface area contributed by atoms with Crippen LogP contribution in [0.15, 0.2) is 12.1 Å². The molecule has 2 aliphatic rings. The van der Waals surface area contributed by atoms with Crippen molar-refractivity contribution in [2.75, 3.05) is 0 Å². The standard InChI is InChI=1S/C24H37F3Si/c1-2-3-14-28-21-12-8-18(9-13-21)5-4-17-6-10-19(11-7-17)20-15-22(25)24(27)23(26)16-20/h15-19,21H,2-14,28H2,1H3/t17-,18-,19-,21-. The summed E-state index contributed by atoms with van der Waals surface area (Å²) >= 11 is 0. The second kappa shape index (κ2) is 10.8. The van der Waals surface area contributed by atoms with Crippen LogP contribution in [-0.2, 0) is 0 Å². The van der Waals surface area contributed by atoms with E-state index in [0.29, 0.717) is 5.56 Å². The molecule has 0 saturated heterocycles. The first-order valence-electron chi connectivity index (χ1n) is 11.7. The largest absolute Gasteiger partial charge is 0.204 e. The summed E-state index contributed by atoms with van der Waals surface area (Å²) in [5.74, 6) is -1.56. The van der Waals surface area contributed by atoms with Crippen LogP contribution in [0.4, 0.5) is 13.2 Å². The van der Waals surface area contributed by atoms with E-state index < -0.39 is 17.5 Å². The van der Waals surface area contributed by atoms with Crippen LogP contribution in [0.3, 0.4) is 0 Å². The number of rotatable bonds is 8. The number of unbranched alkanes of at least 4 members (excludes halogenated alkanes) is 1. The summed E-state index contributed by atoms with van der Waals surface area (Å²) in [6.45, 7) is 2.30. The first-order valence-corrected chi connectivity index (χ1v) is 13.5. The lowest BCUT2D eigenvalue weighted by molar-refractivity contribution is 0.260. The normalized spacial score (nSPS) is 28.9. The maximum atomic E-state index is 13.5. The van der Waals surface area contributed by atoms with Crippen molar-refractivity contribution >= 4 is 9.52 Å². The molecule has 0 aromatic heterocycles. The molecule has 0 aliphatic heterocycles. The van der Waals surface area contributed by atoms with Crippen LogP contribution >= 0.6 is 0 Å². The van der Waals surface area contributed by atoms with Crippen molar-refractivity contribution in [1.82, 2.24) is 0 Å². The molecule has 0 unspecified atom stereocenters. The Labute approximate surface area is 171 Å². The van der Waals surface area contributed by atoms with E-state index in [-0.39, 0.29) is 15.4 Å².